The summed E-state index contributed by atoms with van der Waals surface area (Å²) in [6, 6.07) is 4.60. The van der Waals surface area contributed by atoms with Gasteiger partial charge in [0.05, 0.1) is 12.3 Å². The Hall–Kier alpha value is -2.08. The minimum Gasteiger partial charge on any atom is -0.467 e. The zero-order valence-corrected chi connectivity index (χ0v) is 8.87. The highest BCUT2D eigenvalue weighted by Crippen LogP contribution is 2.32. The molecule has 0 bridgehead atoms. The van der Waals surface area contributed by atoms with Crippen molar-refractivity contribution in [3.8, 4) is 17.0 Å². The lowest BCUT2D eigenvalue weighted by molar-refractivity contribution is -0.0165. The first-order chi connectivity index (χ1) is 8.24. The number of nitrogen functional groups attached to an aromatic ring is 1. The highest BCUT2D eigenvalue weighted by Gasteiger charge is 2.16. The molecule has 3 rings (SSSR count). The third-order valence-corrected chi connectivity index (χ3v) is 2.59. The molecule has 1 aromatic carbocycles. The first-order valence-electron chi connectivity index (χ1n) is 5.08. The molecule has 0 saturated carbocycles. The fraction of sp³-hybridized carbons (Fsp3) is 0.182. The third-order valence-electron chi connectivity index (χ3n) is 2.59. The number of hydrogen-bond donors (Lipinski definition) is 2. The van der Waals surface area contributed by atoms with Gasteiger partial charge in [-0.1, -0.05) is 0 Å². The van der Waals surface area contributed by atoms with Crippen LogP contribution >= 0.6 is 0 Å². The zero-order chi connectivity index (χ0) is 11.8. The molecule has 0 saturated heterocycles. The maximum Gasteiger partial charge on any atom is 0.189 e. The summed E-state index contributed by atoms with van der Waals surface area (Å²) >= 11 is 0. The minimum absolute atomic E-state index is 0.184. The van der Waals surface area contributed by atoms with Crippen LogP contribution < -0.4 is 10.5 Å². The summed E-state index contributed by atoms with van der Waals surface area (Å²) in [6.07, 6.45) is 0. The molecule has 5 nitrogen and oxygen atoms in total. The number of aromatic amines is 1. The van der Waals surface area contributed by atoms with Gasteiger partial charge in [0.25, 0.3) is 0 Å². The largest absolute Gasteiger partial charge is 0.467 e. The van der Waals surface area contributed by atoms with Crippen molar-refractivity contribution in [2.24, 2.45) is 0 Å². The molecule has 0 radical (unpaired) electrons. The van der Waals surface area contributed by atoms with Crippen LogP contribution in [0.5, 0.6) is 5.75 Å². The van der Waals surface area contributed by atoms with E-state index in [0.29, 0.717) is 35.0 Å². The van der Waals surface area contributed by atoms with E-state index < -0.39 is 0 Å². The van der Waals surface area contributed by atoms with Crippen LogP contribution in [0, 0.1) is 5.82 Å². The van der Waals surface area contributed by atoms with Gasteiger partial charge in [0, 0.05) is 17.2 Å². The van der Waals surface area contributed by atoms with Gasteiger partial charge in [0.2, 0.25) is 0 Å². The maximum absolute atomic E-state index is 13.9. The molecule has 1 aliphatic heterocycles. The second-order valence-electron chi connectivity index (χ2n) is 3.76. The van der Waals surface area contributed by atoms with Crippen LogP contribution in [0.15, 0.2) is 18.2 Å². The van der Waals surface area contributed by atoms with E-state index in [1.807, 2.05) is 0 Å². The summed E-state index contributed by atoms with van der Waals surface area (Å²) in [5.74, 6) is 0.587. The SMILES string of the molecule is Nc1cc(-c2cc3c(cc2F)COCO3)[nH]n1. The van der Waals surface area contributed by atoms with Crippen LogP contribution in [-0.2, 0) is 11.3 Å². The van der Waals surface area contributed by atoms with Crippen molar-refractivity contribution in [1.82, 2.24) is 10.2 Å². The molecule has 17 heavy (non-hydrogen) atoms. The number of aromatic nitrogens is 2. The highest BCUT2D eigenvalue weighted by molar-refractivity contribution is 5.65. The summed E-state index contributed by atoms with van der Waals surface area (Å²) < 4.78 is 24.2. The number of benzene rings is 1. The Kier molecular flexibility index (Phi) is 2.22. The lowest BCUT2D eigenvalue weighted by Crippen LogP contribution is -2.11. The van der Waals surface area contributed by atoms with E-state index in [4.69, 9.17) is 15.2 Å². The maximum atomic E-state index is 13.9. The Balaban J connectivity index is 2.11. The van der Waals surface area contributed by atoms with Gasteiger partial charge in [-0.25, -0.2) is 4.39 Å². The topological polar surface area (TPSA) is 73.2 Å². The third kappa shape index (κ3) is 1.72. The van der Waals surface area contributed by atoms with Gasteiger partial charge in [0.15, 0.2) is 6.79 Å². The quantitative estimate of drug-likeness (QED) is 0.788. The van der Waals surface area contributed by atoms with Gasteiger partial charge < -0.3 is 15.2 Å². The van der Waals surface area contributed by atoms with Crippen molar-refractivity contribution < 1.29 is 13.9 Å². The van der Waals surface area contributed by atoms with Gasteiger partial charge >= 0.3 is 0 Å². The fourth-order valence-electron chi connectivity index (χ4n) is 1.78. The van der Waals surface area contributed by atoms with E-state index in [9.17, 15) is 4.39 Å². The lowest BCUT2D eigenvalue weighted by Gasteiger charge is -2.18. The number of hydrogen-bond acceptors (Lipinski definition) is 4. The molecule has 0 unspecified atom stereocenters. The number of H-pyrrole nitrogens is 1. The number of nitrogens with zero attached hydrogens (tertiary/aromatic N) is 1. The first kappa shape index (κ1) is 10.1. The van der Waals surface area contributed by atoms with Crippen molar-refractivity contribution in [3.63, 3.8) is 0 Å². The smallest absolute Gasteiger partial charge is 0.189 e. The molecular formula is C11H10FN3O2. The highest BCUT2D eigenvalue weighted by atomic mass is 19.1. The summed E-state index contributed by atoms with van der Waals surface area (Å²) in [7, 11) is 0. The Bertz CT molecular complexity index is 568. The van der Waals surface area contributed by atoms with Gasteiger partial charge in [-0.05, 0) is 12.1 Å². The fourth-order valence-corrected chi connectivity index (χ4v) is 1.78. The standard InChI is InChI=1S/C11H10FN3O2/c12-8-1-6-4-16-5-17-10(6)2-7(8)9-3-11(13)15-14-9/h1-3H,4-5H2,(H3,13,14,15). The van der Waals surface area contributed by atoms with Crippen LogP contribution in [0.1, 0.15) is 5.56 Å². The van der Waals surface area contributed by atoms with E-state index in [1.54, 1.807) is 12.1 Å². The molecule has 1 aliphatic rings. The molecule has 0 atom stereocenters. The zero-order valence-electron chi connectivity index (χ0n) is 8.87. The van der Waals surface area contributed by atoms with Crippen molar-refractivity contribution in [1.29, 1.82) is 0 Å². The molecule has 0 fully saturated rings. The van der Waals surface area contributed by atoms with Crippen LogP contribution in [0.4, 0.5) is 10.2 Å². The number of nitrogens with two attached hydrogens (primary N) is 1. The summed E-state index contributed by atoms with van der Waals surface area (Å²) in [6.45, 7) is 0.542. The van der Waals surface area contributed by atoms with Crippen LogP contribution in [0.25, 0.3) is 11.3 Å². The van der Waals surface area contributed by atoms with E-state index in [-0.39, 0.29) is 12.6 Å². The van der Waals surface area contributed by atoms with Crippen LogP contribution in [-0.4, -0.2) is 17.0 Å². The van der Waals surface area contributed by atoms with E-state index in [1.165, 1.54) is 6.07 Å². The van der Waals surface area contributed by atoms with Gasteiger partial charge in [-0.15, -0.1) is 0 Å². The monoisotopic (exact) mass is 235 g/mol. The van der Waals surface area contributed by atoms with E-state index >= 15 is 0 Å². The number of ether oxygens (including phenoxy) is 2. The molecule has 0 aliphatic carbocycles. The summed E-state index contributed by atoms with van der Waals surface area (Å²) in [4.78, 5) is 0. The van der Waals surface area contributed by atoms with E-state index in [0.717, 1.165) is 0 Å². The Morgan fingerprint density at radius 2 is 2.24 bits per heavy atom. The average Bonchev–Trinajstić information content (AvgIpc) is 2.75. The number of halogens is 1. The number of fused-ring (bicyclic) bond motifs is 1. The predicted molar refractivity (Wildman–Crippen MR) is 58.7 cm³/mol. The molecule has 3 N–H and O–H groups in total. The number of nitrogens with one attached hydrogen (secondary N) is 1. The lowest BCUT2D eigenvalue weighted by atomic mass is 10.1. The van der Waals surface area contributed by atoms with Crippen LogP contribution in [0.3, 0.4) is 0 Å². The molecule has 2 heterocycles. The summed E-state index contributed by atoms with van der Waals surface area (Å²) in [5, 5.41) is 6.43. The molecule has 0 spiro atoms. The van der Waals surface area contributed by atoms with Crippen molar-refractivity contribution in [2.75, 3.05) is 12.5 Å². The van der Waals surface area contributed by atoms with Gasteiger partial charge in [0.1, 0.15) is 17.4 Å². The first-order valence-corrected chi connectivity index (χ1v) is 5.08. The normalized spacial score (nSPS) is 14.2. The van der Waals surface area contributed by atoms with Crippen molar-refractivity contribution in [2.45, 2.75) is 6.61 Å². The van der Waals surface area contributed by atoms with Crippen molar-refractivity contribution in [3.05, 3.63) is 29.6 Å². The van der Waals surface area contributed by atoms with Crippen molar-refractivity contribution >= 4 is 5.82 Å². The second-order valence-corrected chi connectivity index (χ2v) is 3.76. The Morgan fingerprint density at radius 3 is 3.00 bits per heavy atom. The second kappa shape index (κ2) is 3.74. The Morgan fingerprint density at radius 1 is 1.35 bits per heavy atom. The average molecular weight is 235 g/mol. The molecule has 6 heteroatoms. The molecule has 2 aromatic rings. The summed E-state index contributed by atoms with van der Waals surface area (Å²) in [5.41, 5.74) is 7.10. The van der Waals surface area contributed by atoms with Gasteiger partial charge in [-0.2, -0.15) is 5.10 Å². The molecule has 0 amide bonds. The minimum atomic E-state index is -0.360. The van der Waals surface area contributed by atoms with Gasteiger partial charge in [-0.3, -0.25) is 5.10 Å². The molecular weight excluding hydrogens is 225 g/mol. The molecule has 1 aromatic heterocycles. The Labute approximate surface area is 96.3 Å². The number of rotatable bonds is 1. The predicted octanol–water partition coefficient (Wildman–Crippen LogP) is 1.66. The van der Waals surface area contributed by atoms with Crippen LogP contribution in [0.2, 0.25) is 0 Å². The number of anilines is 1. The van der Waals surface area contributed by atoms with E-state index in [2.05, 4.69) is 10.2 Å². The molecule has 88 valence electrons.